The lowest BCUT2D eigenvalue weighted by atomic mass is 10.1. The van der Waals surface area contributed by atoms with Crippen LogP contribution in [0.3, 0.4) is 0 Å². The minimum absolute atomic E-state index is 0.175. The molecule has 36 heavy (non-hydrogen) atoms. The highest BCUT2D eigenvalue weighted by molar-refractivity contribution is 5.97. The predicted octanol–water partition coefficient (Wildman–Crippen LogP) is 1.64. The number of rotatable bonds is 6. The zero-order valence-corrected chi connectivity index (χ0v) is 19.6. The van der Waals surface area contributed by atoms with Gasteiger partial charge in [0, 0.05) is 38.9 Å². The van der Waals surface area contributed by atoms with Crippen LogP contribution in [0.1, 0.15) is 29.4 Å². The second kappa shape index (κ2) is 9.54. The number of alkyl halides is 2. The number of fused-ring (bicyclic) bond motifs is 1. The lowest BCUT2D eigenvalue weighted by Crippen LogP contribution is -2.62. The van der Waals surface area contributed by atoms with Gasteiger partial charge in [-0.2, -0.15) is 4.39 Å². The van der Waals surface area contributed by atoms with Crippen molar-refractivity contribution in [1.29, 1.82) is 0 Å². The molecule has 10 nitrogen and oxygen atoms in total. The van der Waals surface area contributed by atoms with E-state index in [1.165, 1.54) is 12.1 Å². The summed E-state index contributed by atoms with van der Waals surface area (Å²) in [4.78, 5) is 36.4. The number of pyridine rings is 2. The maximum Gasteiger partial charge on any atom is 0.284 e. The van der Waals surface area contributed by atoms with Crippen LogP contribution in [0.5, 0.6) is 5.88 Å². The standard InChI is InChI=1S/C23H26F3N7O3/c1-2-18-21(35)29-16-9-14(10-27-22(16)36-18)11-31-5-7-32(8-6-31)17-4-3-15(28-19(17)24)20(34)30-33-12-23(25,26)13-33/h3-4,9-10,18H,2,5-8,11-13H2,1H3,(H,29,35)(H,30,34). The summed E-state index contributed by atoms with van der Waals surface area (Å²) in [6.45, 7) is 3.73. The van der Waals surface area contributed by atoms with Crippen LogP contribution in [-0.4, -0.2) is 83.0 Å². The van der Waals surface area contributed by atoms with Crippen LogP contribution in [-0.2, 0) is 11.3 Å². The molecule has 2 fully saturated rings. The van der Waals surface area contributed by atoms with Crippen LogP contribution >= 0.6 is 0 Å². The Bertz CT molecular complexity index is 1170. The van der Waals surface area contributed by atoms with Gasteiger partial charge in [0.2, 0.25) is 11.8 Å². The van der Waals surface area contributed by atoms with E-state index in [1.807, 2.05) is 17.9 Å². The van der Waals surface area contributed by atoms with Gasteiger partial charge in [0.25, 0.3) is 17.7 Å². The number of hydrazine groups is 1. The number of amides is 2. The molecule has 2 aromatic rings. The average Bonchev–Trinajstić information content (AvgIpc) is 2.83. The van der Waals surface area contributed by atoms with E-state index in [-0.39, 0.29) is 17.3 Å². The molecule has 0 aromatic carbocycles. The fourth-order valence-corrected chi connectivity index (χ4v) is 4.42. The Morgan fingerprint density at radius 3 is 2.67 bits per heavy atom. The average molecular weight is 506 g/mol. The second-order valence-corrected chi connectivity index (χ2v) is 9.12. The number of hydrogen-bond donors (Lipinski definition) is 2. The first-order valence-electron chi connectivity index (χ1n) is 11.7. The third-order valence-electron chi connectivity index (χ3n) is 6.37. The molecular weight excluding hydrogens is 479 g/mol. The molecule has 2 amide bonds. The van der Waals surface area contributed by atoms with Crippen LogP contribution in [0, 0.1) is 5.95 Å². The smallest absolute Gasteiger partial charge is 0.284 e. The fraction of sp³-hybridized carbons (Fsp3) is 0.478. The van der Waals surface area contributed by atoms with E-state index in [0.29, 0.717) is 50.7 Å². The number of carbonyl (C=O) groups is 2. The zero-order chi connectivity index (χ0) is 25.4. The SMILES string of the molecule is CCC1Oc2ncc(CN3CCN(c4ccc(C(=O)NN5CC(F)(F)C5)nc4F)CC3)cc2NC1=O. The van der Waals surface area contributed by atoms with Crippen LogP contribution in [0.25, 0.3) is 0 Å². The molecule has 5 rings (SSSR count). The van der Waals surface area contributed by atoms with Crippen LogP contribution in [0.15, 0.2) is 24.4 Å². The highest BCUT2D eigenvalue weighted by Gasteiger charge is 2.44. The summed E-state index contributed by atoms with van der Waals surface area (Å²) in [5.41, 5.74) is 3.88. The van der Waals surface area contributed by atoms with Crippen LogP contribution in [0.2, 0.25) is 0 Å². The monoisotopic (exact) mass is 505 g/mol. The van der Waals surface area contributed by atoms with Crippen molar-refractivity contribution >= 4 is 23.2 Å². The number of carbonyl (C=O) groups excluding carboxylic acids is 2. The minimum Gasteiger partial charge on any atom is -0.463 e. The van der Waals surface area contributed by atoms with Crippen molar-refractivity contribution in [3.8, 4) is 5.88 Å². The van der Waals surface area contributed by atoms with Crippen molar-refractivity contribution in [3.63, 3.8) is 0 Å². The number of ether oxygens (including phenoxy) is 1. The van der Waals surface area contributed by atoms with Crippen molar-refractivity contribution in [2.75, 3.05) is 49.5 Å². The zero-order valence-electron chi connectivity index (χ0n) is 19.6. The van der Waals surface area contributed by atoms with Gasteiger partial charge in [-0.1, -0.05) is 6.92 Å². The number of aromatic nitrogens is 2. The van der Waals surface area contributed by atoms with E-state index >= 15 is 0 Å². The number of nitrogens with one attached hydrogen (secondary N) is 2. The number of nitrogens with zero attached hydrogens (tertiary/aromatic N) is 5. The number of hydrogen-bond acceptors (Lipinski definition) is 8. The highest BCUT2D eigenvalue weighted by Crippen LogP contribution is 2.29. The topological polar surface area (TPSA) is 103 Å². The molecule has 2 aromatic heterocycles. The molecule has 192 valence electrons. The molecular formula is C23H26F3N7O3. The summed E-state index contributed by atoms with van der Waals surface area (Å²) in [6, 6.07) is 4.72. The minimum atomic E-state index is -2.82. The van der Waals surface area contributed by atoms with Gasteiger partial charge in [0.1, 0.15) is 11.4 Å². The molecule has 0 spiro atoms. The third kappa shape index (κ3) is 5.07. The highest BCUT2D eigenvalue weighted by atomic mass is 19.3. The van der Waals surface area contributed by atoms with Crippen molar-refractivity contribution < 1.29 is 27.5 Å². The Morgan fingerprint density at radius 1 is 1.25 bits per heavy atom. The summed E-state index contributed by atoms with van der Waals surface area (Å²) in [7, 11) is 0. The first-order valence-corrected chi connectivity index (χ1v) is 11.7. The molecule has 0 bridgehead atoms. The first-order chi connectivity index (χ1) is 17.2. The number of halogens is 3. The van der Waals surface area contributed by atoms with Gasteiger partial charge >= 0.3 is 0 Å². The van der Waals surface area contributed by atoms with Gasteiger partial charge in [0.05, 0.1) is 18.8 Å². The lowest BCUT2D eigenvalue weighted by molar-refractivity contribution is -0.144. The summed E-state index contributed by atoms with van der Waals surface area (Å²) in [5.74, 6) is -4.11. The van der Waals surface area contributed by atoms with E-state index in [9.17, 15) is 22.8 Å². The molecule has 2 N–H and O–H groups in total. The van der Waals surface area contributed by atoms with Gasteiger partial charge in [-0.3, -0.25) is 19.9 Å². The van der Waals surface area contributed by atoms with Gasteiger partial charge in [-0.25, -0.2) is 23.8 Å². The Morgan fingerprint density at radius 2 is 2.00 bits per heavy atom. The normalized spacial score (nSPS) is 21.7. The summed E-state index contributed by atoms with van der Waals surface area (Å²) < 4.78 is 46.2. The Balaban J connectivity index is 1.15. The van der Waals surface area contributed by atoms with E-state index in [0.717, 1.165) is 10.6 Å². The largest absolute Gasteiger partial charge is 0.463 e. The molecule has 1 atom stereocenters. The molecule has 0 aliphatic carbocycles. The first kappa shape index (κ1) is 24.3. The quantitative estimate of drug-likeness (QED) is 0.572. The molecule has 0 radical (unpaired) electrons. The Hall–Kier alpha value is -3.45. The molecule has 1 unspecified atom stereocenters. The lowest BCUT2D eigenvalue weighted by Gasteiger charge is -2.38. The van der Waals surface area contributed by atoms with Crippen molar-refractivity contribution in [2.45, 2.75) is 31.9 Å². The third-order valence-corrected chi connectivity index (χ3v) is 6.37. The number of piperazine rings is 1. The predicted molar refractivity (Wildman–Crippen MR) is 123 cm³/mol. The van der Waals surface area contributed by atoms with Gasteiger partial charge in [-0.15, -0.1) is 0 Å². The van der Waals surface area contributed by atoms with Crippen molar-refractivity contribution in [2.24, 2.45) is 0 Å². The van der Waals surface area contributed by atoms with E-state index in [1.54, 1.807) is 6.20 Å². The molecule has 0 saturated carbocycles. The maximum atomic E-state index is 14.7. The molecule has 3 aliphatic rings. The van der Waals surface area contributed by atoms with Gasteiger partial charge in [-0.05, 0) is 30.2 Å². The van der Waals surface area contributed by atoms with E-state index in [4.69, 9.17) is 4.74 Å². The summed E-state index contributed by atoms with van der Waals surface area (Å²) in [5, 5.41) is 3.91. The summed E-state index contributed by atoms with van der Waals surface area (Å²) >= 11 is 0. The number of anilines is 2. The van der Waals surface area contributed by atoms with Crippen LogP contribution in [0.4, 0.5) is 24.5 Å². The molecule has 5 heterocycles. The van der Waals surface area contributed by atoms with Gasteiger partial charge < -0.3 is 15.0 Å². The maximum absolute atomic E-state index is 14.7. The second-order valence-electron chi connectivity index (χ2n) is 9.12. The van der Waals surface area contributed by atoms with Crippen LogP contribution < -0.4 is 20.4 Å². The molecule has 3 aliphatic heterocycles. The van der Waals surface area contributed by atoms with Crippen molar-refractivity contribution in [1.82, 2.24) is 25.3 Å². The van der Waals surface area contributed by atoms with Crippen molar-refractivity contribution in [3.05, 3.63) is 41.6 Å². The Labute approximate surface area is 205 Å². The van der Waals surface area contributed by atoms with E-state index < -0.39 is 37.0 Å². The fourth-order valence-electron chi connectivity index (χ4n) is 4.42. The van der Waals surface area contributed by atoms with Gasteiger partial charge in [0.15, 0.2) is 6.10 Å². The molecule has 13 heteroatoms. The summed E-state index contributed by atoms with van der Waals surface area (Å²) in [6.07, 6.45) is 1.76. The Kier molecular flexibility index (Phi) is 6.43. The molecule has 2 saturated heterocycles. The van der Waals surface area contributed by atoms with E-state index in [2.05, 4.69) is 25.6 Å².